The maximum absolute atomic E-state index is 4.70. The molecular formula is C26H28N6. The number of unbranched alkanes of at least 4 members (excludes halogenated alkanes) is 1. The summed E-state index contributed by atoms with van der Waals surface area (Å²) in [5, 5.41) is 6.97. The first-order valence-electron chi connectivity index (χ1n) is 11.0. The van der Waals surface area contributed by atoms with E-state index in [1.807, 2.05) is 72.8 Å². The van der Waals surface area contributed by atoms with Crippen molar-refractivity contribution in [3.8, 4) is 22.8 Å². The third-order valence-electron chi connectivity index (χ3n) is 5.04. The van der Waals surface area contributed by atoms with E-state index in [2.05, 4.69) is 20.6 Å². The zero-order valence-electron chi connectivity index (χ0n) is 18.1. The Kier molecular flexibility index (Phi) is 8.01. The standard InChI is InChI=1S/C26H28N6/c1-3-17-29-23(11-1)25-13-7-9-21(31-25)19-27-15-5-6-16-28-20-22-10-8-14-26(32-22)24-12-2-4-18-30-24/h1-4,7-14,17-18,27-28H,5-6,15-16,19-20H2. The number of nitrogens with zero attached hydrogens (tertiary/aromatic N) is 4. The SMILES string of the molecule is c1ccc(-c2cccc(CNCCCCNCc3cccc(-c4ccccn4)n3)n2)nc1. The van der Waals surface area contributed by atoms with E-state index in [0.29, 0.717) is 0 Å². The lowest BCUT2D eigenvalue weighted by atomic mass is 10.2. The van der Waals surface area contributed by atoms with E-state index < -0.39 is 0 Å². The van der Waals surface area contributed by atoms with Crippen LogP contribution in [0.1, 0.15) is 24.2 Å². The summed E-state index contributed by atoms with van der Waals surface area (Å²) in [4.78, 5) is 18.2. The number of hydrogen-bond donors (Lipinski definition) is 2. The molecule has 4 rings (SSSR count). The highest BCUT2D eigenvalue weighted by Gasteiger charge is 2.03. The number of aromatic nitrogens is 4. The van der Waals surface area contributed by atoms with Gasteiger partial charge in [-0.15, -0.1) is 0 Å². The van der Waals surface area contributed by atoms with Gasteiger partial charge in [-0.2, -0.15) is 0 Å². The van der Waals surface area contributed by atoms with Gasteiger partial charge in [0.15, 0.2) is 0 Å². The Hall–Kier alpha value is -3.48. The lowest BCUT2D eigenvalue weighted by Crippen LogP contribution is -2.19. The Balaban J connectivity index is 1.12. The Bertz CT molecular complexity index is 996. The molecule has 0 fully saturated rings. The predicted molar refractivity (Wildman–Crippen MR) is 128 cm³/mol. The van der Waals surface area contributed by atoms with Gasteiger partial charge in [-0.25, -0.2) is 9.97 Å². The fraction of sp³-hybridized carbons (Fsp3) is 0.231. The molecular weight excluding hydrogens is 396 g/mol. The van der Waals surface area contributed by atoms with Crippen LogP contribution in [0.2, 0.25) is 0 Å². The highest BCUT2D eigenvalue weighted by Crippen LogP contribution is 2.14. The maximum atomic E-state index is 4.70. The average molecular weight is 425 g/mol. The molecule has 0 aliphatic carbocycles. The van der Waals surface area contributed by atoms with Crippen molar-refractivity contribution in [2.75, 3.05) is 13.1 Å². The number of rotatable bonds is 11. The minimum absolute atomic E-state index is 0.762. The molecule has 0 bridgehead atoms. The first kappa shape index (κ1) is 21.7. The van der Waals surface area contributed by atoms with E-state index in [1.54, 1.807) is 12.4 Å². The molecule has 0 saturated carbocycles. The summed E-state index contributed by atoms with van der Waals surface area (Å²) in [5.41, 5.74) is 5.70. The van der Waals surface area contributed by atoms with Crippen LogP contribution in [0.15, 0.2) is 85.2 Å². The van der Waals surface area contributed by atoms with E-state index in [4.69, 9.17) is 9.97 Å². The van der Waals surface area contributed by atoms with Gasteiger partial charge < -0.3 is 10.6 Å². The van der Waals surface area contributed by atoms with Gasteiger partial charge in [-0.05, 0) is 74.5 Å². The summed E-state index contributed by atoms with van der Waals surface area (Å²) in [5.74, 6) is 0. The van der Waals surface area contributed by atoms with E-state index in [1.165, 1.54) is 0 Å². The molecule has 0 atom stereocenters. The van der Waals surface area contributed by atoms with E-state index in [0.717, 1.165) is 73.2 Å². The van der Waals surface area contributed by atoms with Crippen LogP contribution in [0.4, 0.5) is 0 Å². The summed E-state index contributed by atoms with van der Waals surface area (Å²) in [6, 6.07) is 23.9. The molecule has 0 radical (unpaired) electrons. The largest absolute Gasteiger partial charge is 0.311 e. The van der Waals surface area contributed by atoms with Gasteiger partial charge in [-0.1, -0.05) is 24.3 Å². The van der Waals surface area contributed by atoms with Gasteiger partial charge in [0, 0.05) is 25.5 Å². The van der Waals surface area contributed by atoms with Crippen molar-refractivity contribution >= 4 is 0 Å². The van der Waals surface area contributed by atoms with E-state index in [-0.39, 0.29) is 0 Å². The highest BCUT2D eigenvalue weighted by atomic mass is 14.9. The Labute approximate surface area is 189 Å². The molecule has 0 spiro atoms. The van der Waals surface area contributed by atoms with Crippen LogP contribution in [-0.4, -0.2) is 33.0 Å². The summed E-state index contributed by atoms with van der Waals surface area (Å²) < 4.78 is 0. The topological polar surface area (TPSA) is 75.6 Å². The molecule has 32 heavy (non-hydrogen) atoms. The van der Waals surface area contributed by atoms with Gasteiger partial charge in [0.25, 0.3) is 0 Å². The van der Waals surface area contributed by atoms with Crippen LogP contribution in [-0.2, 0) is 13.1 Å². The van der Waals surface area contributed by atoms with Crippen LogP contribution >= 0.6 is 0 Å². The van der Waals surface area contributed by atoms with Gasteiger partial charge in [0.1, 0.15) is 0 Å². The quantitative estimate of drug-likeness (QED) is 0.351. The molecule has 6 heteroatoms. The molecule has 4 heterocycles. The van der Waals surface area contributed by atoms with Gasteiger partial charge in [0.05, 0.1) is 34.2 Å². The second-order valence-electron chi connectivity index (χ2n) is 7.52. The minimum Gasteiger partial charge on any atom is -0.311 e. The third-order valence-corrected chi connectivity index (χ3v) is 5.04. The van der Waals surface area contributed by atoms with Crippen LogP contribution in [0.25, 0.3) is 22.8 Å². The lowest BCUT2D eigenvalue weighted by molar-refractivity contribution is 0.576. The minimum atomic E-state index is 0.762. The van der Waals surface area contributed by atoms with E-state index in [9.17, 15) is 0 Å². The molecule has 2 N–H and O–H groups in total. The number of hydrogen-bond acceptors (Lipinski definition) is 6. The molecule has 0 amide bonds. The molecule has 0 saturated heterocycles. The van der Waals surface area contributed by atoms with Crippen molar-refractivity contribution in [3.63, 3.8) is 0 Å². The zero-order valence-corrected chi connectivity index (χ0v) is 18.1. The average Bonchev–Trinajstić information content (AvgIpc) is 2.87. The number of nitrogens with one attached hydrogen (secondary N) is 2. The lowest BCUT2D eigenvalue weighted by Gasteiger charge is -2.08. The van der Waals surface area contributed by atoms with E-state index >= 15 is 0 Å². The van der Waals surface area contributed by atoms with Crippen molar-refractivity contribution in [2.24, 2.45) is 0 Å². The van der Waals surface area contributed by atoms with Crippen molar-refractivity contribution in [1.82, 2.24) is 30.6 Å². The van der Waals surface area contributed by atoms with Crippen molar-refractivity contribution in [2.45, 2.75) is 25.9 Å². The van der Waals surface area contributed by atoms with Crippen molar-refractivity contribution in [3.05, 3.63) is 96.6 Å². The van der Waals surface area contributed by atoms with Gasteiger partial charge in [-0.3, -0.25) is 9.97 Å². The molecule has 0 aliphatic rings. The van der Waals surface area contributed by atoms with Crippen LogP contribution in [0.5, 0.6) is 0 Å². The third kappa shape index (κ3) is 6.51. The first-order chi connectivity index (χ1) is 15.9. The van der Waals surface area contributed by atoms with Crippen LogP contribution in [0.3, 0.4) is 0 Å². The van der Waals surface area contributed by atoms with Crippen LogP contribution in [0, 0.1) is 0 Å². The summed E-state index contributed by atoms with van der Waals surface area (Å²) in [6.45, 7) is 3.45. The van der Waals surface area contributed by atoms with Crippen LogP contribution < -0.4 is 10.6 Å². The molecule has 4 aromatic rings. The molecule has 0 unspecified atom stereocenters. The first-order valence-corrected chi connectivity index (χ1v) is 11.0. The summed E-state index contributed by atoms with van der Waals surface area (Å²) >= 11 is 0. The molecule has 6 nitrogen and oxygen atoms in total. The fourth-order valence-electron chi connectivity index (χ4n) is 3.40. The summed E-state index contributed by atoms with van der Waals surface area (Å²) in [7, 11) is 0. The van der Waals surface area contributed by atoms with Gasteiger partial charge >= 0.3 is 0 Å². The predicted octanol–water partition coefficient (Wildman–Crippen LogP) is 4.26. The Morgan fingerprint density at radius 1 is 0.500 bits per heavy atom. The molecule has 0 aliphatic heterocycles. The smallest absolute Gasteiger partial charge is 0.0890 e. The van der Waals surface area contributed by atoms with Gasteiger partial charge in [0.2, 0.25) is 0 Å². The molecule has 0 aromatic carbocycles. The second-order valence-corrected chi connectivity index (χ2v) is 7.52. The highest BCUT2D eigenvalue weighted by molar-refractivity contribution is 5.54. The normalized spacial score (nSPS) is 10.9. The Morgan fingerprint density at radius 3 is 1.41 bits per heavy atom. The second kappa shape index (κ2) is 11.8. The monoisotopic (exact) mass is 424 g/mol. The van der Waals surface area contributed by atoms with Crippen molar-refractivity contribution < 1.29 is 0 Å². The number of pyridine rings is 4. The Morgan fingerprint density at radius 2 is 0.969 bits per heavy atom. The summed E-state index contributed by atoms with van der Waals surface area (Å²) in [6.07, 6.45) is 5.80. The fourth-order valence-corrected chi connectivity index (χ4v) is 3.40. The molecule has 162 valence electrons. The maximum Gasteiger partial charge on any atom is 0.0890 e. The van der Waals surface area contributed by atoms with Crippen molar-refractivity contribution in [1.29, 1.82) is 0 Å². The molecule has 4 aromatic heterocycles. The zero-order chi connectivity index (χ0) is 21.8.